The fraction of sp³-hybridized carbons (Fsp3) is 0.300. The molecular formula is C20H17ClN2O4S. The summed E-state index contributed by atoms with van der Waals surface area (Å²) >= 11 is 7.05. The molecule has 6 nitrogen and oxygen atoms in total. The zero-order valence-corrected chi connectivity index (χ0v) is 16.9. The molecule has 144 valence electrons. The van der Waals surface area contributed by atoms with Crippen LogP contribution in [0.15, 0.2) is 29.1 Å². The van der Waals surface area contributed by atoms with Gasteiger partial charge in [0.15, 0.2) is 6.10 Å². The Morgan fingerprint density at radius 1 is 1.36 bits per heavy atom. The minimum atomic E-state index is -0.977. The lowest BCUT2D eigenvalue weighted by molar-refractivity contribution is 0.0323. The molecule has 0 amide bonds. The number of hydrogen-bond acceptors (Lipinski definition) is 6. The number of aromatic nitrogens is 2. The molecule has 1 atom stereocenters. The average Bonchev–Trinajstić information content (AvgIpc) is 3.26. The van der Waals surface area contributed by atoms with Gasteiger partial charge in [0, 0.05) is 23.6 Å². The molecule has 0 saturated heterocycles. The highest BCUT2D eigenvalue weighted by Crippen LogP contribution is 2.29. The van der Waals surface area contributed by atoms with Gasteiger partial charge in [0.25, 0.3) is 5.56 Å². The van der Waals surface area contributed by atoms with E-state index in [0.717, 1.165) is 30.0 Å². The number of halogens is 1. The summed E-state index contributed by atoms with van der Waals surface area (Å²) in [6.45, 7) is 3.88. The van der Waals surface area contributed by atoms with Crippen LogP contribution >= 0.6 is 22.9 Å². The maximum absolute atomic E-state index is 12.7. The van der Waals surface area contributed by atoms with Crippen molar-refractivity contribution in [3.8, 4) is 0 Å². The van der Waals surface area contributed by atoms with Gasteiger partial charge in [0.2, 0.25) is 5.78 Å². The number of thiophene rings is 1. The molecule has 1 aliphatic rings. The third-order valence-corrected chi connectivity index (χ3v) is 6.26. The number of ether oxygens (including phenoxy) is 1. The fourth-order valence-corrected chi connectivity index (χ4v) is 4.68. The molecule has 0 fully saturated rings. The molecule has 0 N–H and O–H groups in total. The zero-order chi connectivity index (χ0) is 20.0. The Hall–Kier alpha value is -2.51. The van der Waals surface area contributed by atoms with E-state index < -0.39 is 12.1 Å². The summed E-state index contributed by atoms with van der Waals surface area (Å²) in [4.78, 5) is 43.3. The van der Waals surface area contributed by atoms with Gasteiger partial charge in [0.05, 0.1) is 5.39 Å². The molecule has 3 heterocycles. The van der Waals surface area contributed by atoms with Crippen LogP contribution < -0.4 is 5.56 Å². The summed E-state index contributed by atoms with van der Waals surface area (Å²) in [6.07, 6.45) is 0.679. The van der Waals surface area contributed by atoms with Crippen LogP contribution in [-0.4, -0.2) is 27.4 Å². The summed E-state index contributed by atoms with van der Waals surface area (Å²) in [7, 11) is 0. The van der Waals surface area contributed by atoms with E-state index in [1.165, 1.54) is 13.0 Å². The third-order valence-electron chi connectivity index (χ3n) is 4.86. The number of ketones is 1. The number of rotatable bonds is 4. The number of hydrogen-bond donors (Lipinski definition) is 0. The first-order valence-electron chi connectivity index (χ1n) is 8.90. The summed E-state index contributed by atoms with van der Waals surface area (Å²) in [5.41, 5.74) is 0.803. The highest BCUT2D eigenvalue weighted by Gasteiger charge is 2.26. The van der Waals surface area contributed by atoms with Gasteiger partial charge in [-0.2, -0.15) is 0 Å². The molecule has 0 bridgehead atoms. The van der Waals surface area contributed by atoms with E-state index in [0.29, 0.717) is 37.8 Å². The summed E-state index contributed by atoms with van der Waals surface area (Å²) < 4.78 is 7.05. The molecule has 1 aliphatic heterocycles. The molecule has 0 saturated carbocycles. The highest BCUT2D eigenvalue weighted by molar-refractivity contribution is 7.20. The fourth-order valence-electron chi connectivity index (χ4n) is 3.41. The smallest absolute Gasteiger partial charge is 0.349 e. The first-order chi connectivity index (χ1) is 13.4. The minimum Gasteiger partial charge on any atom is -0.450 e. The van der Waals surface area contributed by atoms with Crippen molar-refractivity contribution >= 4 is 44.9 Å². The zero-order valence-electron chi connectivity index (χ0n) is 15.3. The Morgan fingerprint density at radius 3 is 2.89 bits per heavy atom. The summed E-state index contributed by atoms with van der Waals surface area (Å²) in [5, 5.41) is 0.890. The second-order valence-corrected chi connectivity index (χ2v) is 8.18. The number of nitrogens with zero attached hydrogens (tertiary/aromatic N) is 2. The monoisotopic (exact) mass is 416 g/mol. The van der Waals surface area contributed by atoms with Crippen molar-refractivity contribution in [2.24, 2.45) is 0 Å². The van der Waals surface area contributed by atoms with E-state index in [9.17, 15) is 14.4 Å². The number of Topliss-reactive ketones (excluding diaryl/α,β-unsaturated/α-hetero) is 1. The van der Waals surface area contributed by atoms with E-state index in [4.69, 9.17) is 16.3 Å². The lowest BCUT2D eigenvalue weighted by Crippen LogP contribution is -2.24. The van der Waals surface area contributed by atoms with E-state index in [2.05, 4.69) is 4.98 Å². The second kappa shape index (κ2) is 7.14. The lowest BCUT2D eigenvalue weighted by atomic mass is 10.1. The molecule has 0 unspecified atom stereocenters. The first-order valence-corrected chi connectivity index (χ1v) is 10.1. The van der Waals surface area contributed by atoms with Gasteiger partial charge in [-0.1, -0.05) is 23.7 Å². The van der Waals surface area contributed by atoms with Crippen LogP contribution in [0.1, 0.15) is 44.8 Å². The first kappa shape index (κ1) is 18.8. The number of esters is 1. The van der Waals surface area contributed by atoms with Crippen LogP contribution in [-0.2, 0) is 17.7 Å². The SMILES string of the molecule is Cc1c(C(=O)O[C@@H](C)C(=O)c2cccc(Cl)c2)sc2nc3n(c(=O)c12)CCC3. The molecule has 0 radical (unpaired) electrons. The van der Waals surface area contributed by atoms with Gasteiger partial charge in [0.1, 0.15) is 15.5 Å². The van der Waals surface area contributed by atoms with Crippen molar-refractivity contribution in [1.82, 2.24) is 9.55 Å². The summed E-state index contributed by atoms with van der Waals surface area (Å²) in [5.74, 6) is -0.220. The maximum atomic E-state index is 12.7. The van der Waals surface area contributed by atoms with Crippen molar-refractivity contribution in [2.75, 3.05) is 0 Å². The maximum Gasteiger partial charge on any atom is 0.349 e. The van der Waals surface area contributed by atoms with Crippen LogP contribution in [0, 0.1) is 6.92 Å². The van der Waals surface area contributed by atoms with Gasteiger partial charge in [-0.3, -0.25) is 14.2 Å². The molecule has 2 aromatic heterocycles. The largest absolute Gasteiger partial charge is 0.450 e. The number of aryl methyl sites for hydroxylation is 2. The topological polar surface area (TPSA) is 78.3 Å². The van der Waals surface area contributed by atoms with Gasteiger partial charge < -0.3 is 4.74 Å². The van der Waals surface area contributed by atoms with Crippen molar-refractivity contribution < 1.29 is 14.3 Å². The van der Waals surface area contributed by atoms with Crippen molar-refractivity contribution in [3.05, 3.63) is 61.5 Å². The van der Waals surface area contributed by atoms with Crippen LogP contribution in [0.25, 0.3) is 10.2 Å². The van der Waals surface area contributed by atoms with Crippen molar-refractivity contribution in [1.29, 1.82) is 0 Å². The van der Waals surface area contributed by atoms with E-state index in [1.54, 1.807) is 29.7 Å². The normalized spacial score (nSPS) is 14.1. The molecular weight excluding hydrogens is 400 g/mol. The average molecular weight is 417 g/mol. The quantitative estimate of drug-likeness (QED) is 0.477. The third kappa shape index (κ3) is 3.14. The predicted molar refractivity (Wildman–Crippen MR) is 108 cm³/mol. The molecule has 4 rings (SSSR count). The van der Waals surface area contributed by atoms with Gasteiger partial charge >= 0.3 is 5.97 Å². The predicted octanol–water partition coefficient (Wildman–Crippen LogP) is 3.79. The Balaban J connectivity index is 1.62. The molecule has 0 aliphatic carbocycles. The lowest BCUT2D eigenvalue weighted by Gasteiger charge is -2.12. The Labute approximate surface area is 169 Å². The molecule has 0 spiro atoms. The Morgan fingerprint density at radius 2 is 2.14 bits per heavy atom. The summed E-state index contributed by atoms with van der Waals surface area (Å²) in [6, 6.07) is 6.48. The Bertz CT molecular complexity index is 1180. The van der Waals surface area contributed by atoms with Crippen LogP contribution in [0.2, 0.25) is 5.02 Å². The molecule has 8 heteroatoms. The van der Waals surface area contributed by atoms with Crippen LogP contribution in [0.3, 0.4) is 0 Å². The standard InChI is InChI=1S/C20H17ClN2O4S/c1-10-15-18(22-14-7-4-8-23(14)19(15)25)28-17(10)20(26)27-11(2)16(24)12-5-3-6-13(21)9-12/h3,5-6,9,11H,4,7-8H2,1-2H3/t11-/m0/s1. The Kier molecular flexibility index (Phi) is 4.81. The number of carbonyl (C=O) groups excluding carboxylic acids is 2. The van der Waals surface area contributed by atoms with Crippen molar-refractivity contribution in [3.63, 3.8) is 0 Å². The second-order valence-electron chi connectivity index (χ2n) is 6.75. The van der Waals surface area contributed by atoms with E-state index in [-0.39, 0.29) is 11.3 Å². The molecule has 3 aromatic rings. The number of carbonyl (C=O) groups is 2. The van der Waals surface area contributed by atoms with E-state index in [1.807, 2.05) is 0 Å². The highest BCUT2D eigenvalue weighted by atomic mass is 35.5. The molecule has 1 aromatic carbocycles. The van der Waals surface area contributed by atoms with Gasteiger partial charge in [-0.25, -0.2) is 9.78 Å². The van der Waals surface area contributed by atoms with Crippen LogP contribution in [0.5, 0.6) is 0 Å². The van der Waals surface area contributed by atoms with E-state index >= 15 is 0 Å². The minimum absolute atomic E-state index is 0.117. The number of fused-ring (bicyclic) bond motifs is 2. The molecule has 28 heavy (non-hydrogen) atoms. The van der Waals surface area contributed by atoms with Gasteiger partial charge in [-0.05, 0) is 38.0 Å². The van der Waals surface area contributed by atoms with Crippen LogP contribution in [0.4, 0.5) is 0 Å². The van der Waals surface area contributed by atoms with Crippen molar-refractivity contribution in [2.45, 2.75) is 39.3 Å². The van der Waals surface area contributed by atoms with Gasteiger partial charge in [-0.15, -0.1) is 11.3 Å². The number of benzene rings is 1.